The van der Waals surface area contributed by atoms with Crippen LogP contribution in [0.15, 0.2) is 48.7 Å². The highest BCUT2D eigenvalue weighted by molar-refractivity contribution is 5.65. The van der Waals surface area contributed by atoms with Crippen molar-refractivity contribution in [2.75, 3.05) is 13.6 Å². The van der Waals surface area contributed by atoms with Gasteiger partial charge in [-0.3, -0.25) is 4.90 Å². The third-order valence-corrected chi connectivity index (χ3v) is 6.40. The summed E-state index contributed by atoms with van der Waals surface area (Å²) in [5.74, 6) is 1.80. The number of rotatable bonds is 8. The van der Waals surface area contributed by atoms with Crippen LogP contribution in [0.2, 0.25) is 0 Å². The number of hydrogen-bond donors (Lipinski definition) is 1. The molecule has 5 atom stereocenters. The largest absolute Gasteiger partial charge is 0.394 e. The number of hydrogen-bond acceptors (Lipinski definition) is 2. The molecule has 0 amide bonds. The molecule has 5 unspecified atom stereocenters. The van der Waals surface area contributed by atoms with Crippen LogP contribution in [-0.4, -0.2) is 30.1 Å². The Hall–Kier alpha value is -1.54. The zero-order valence-corrected chi connectivity index (χ0v) is 17.0. The number of likely N-dealkylation sites (tertiary alicyclic amines) is 1. The summed E-state index contributed by atoms with van der Waals surface area (Å²) in [5, 5.41) is 3.22. The number of nitrogens with zero attached hydrogens (tertiary/aromatic N) is 1. The maximum absolute atomic E-state index is 3.22. The van der Waals surface area contributed by atoms with Gasteiger partial charge in [-0.2, -0.15) is 0 Å². The zero-order valence-electron chi connectivity index (χ0n) is 17.0. The lowest BCUT2D eigenvalue weighted by Gasteiger charge is -2.29. The standard InChI is InChI=1S/C22H30N2.C2H6/c1-3-8-18-15-20-12-13-22(20)21(18)24(22)14-7-11-19(16-23-2)17-9-5-4-6-10-17;1-2/h4-6,9-10,12-13,16,18,20-21,23H,3,7-8,11,14-15H2,1-2H3;1-2H3/b19-16-;. The lowest BCUT2D eigenvalue weighted by Crippen LogP contribution is -2.31. The predicted octanol–water partition coefficient (Wildman–Crippen LogP) is 5.48. The van der Waals surface area contributed by atoms with Crippen molar-refractivity contribution < 1.29 is 0 Å². The van der Waals surface area contributed by atoms with Crippen molar-refractivity contribution >= 4 is 5.57 Å². The summed E-state index contributed by atoms with van der Waals surface area (Å²) in [6, 6.07) is 11.7. The summed E-state index contributed by atoms with van der Waals surface area (Å²) in [4.78, 5) is 2.81. The van der Waals surface area contributed by atoms with Gasteiger partial charge in [0.25, 0.3) is 0 Å². The Balaban J connectivity index is 0.000000948. The van der Waals surface area contributed by atoms with Gasteiger partial charge >= 0.3 is 0 Å². The van der Waals surface area contributed by atoms with Crippen LogP contribution in [0.5, 0.6) is 0 Å². The van der Waals surface area contributed by atoms with Crippen molar-refractivity contribution in [3.63, 3.8) is 0 Å². The second-order valence-corrected chi connectivity index (χ2v) is 7.70. The van der Waals surface area contributed by atoms with Crippen LogP contribution in [0.25, 0.3) is 5.57 Å². The number of benzene rings is 1. The molecule has 1 N–H and O–H groups in total. The number of nitrogens with one attached hydrogen (secondary N) is 1. The predicted molar refractivity (Wildman–Crippen MR) is 113 cm³/mol. The van der Waals surface area contributed by atoms with Crippen LogP contribution in [0.1, 0.15) is 58.4 Å². The van der Waals surface area contributed by atoms with Gasteiger partial charge in [-0.25, -0.2) is 0 Å². The van der Waals surface area contributed by atoms with Crippen LogP contribution in [0.3, 0.4) is 0 Å². The SMILES string of the molecule is CC.CCCC1CC2C=CC23C1N3CCC/C(=C/NC)c1ccccc1. The molecule has 2 heteroatoms. The van der Waals surface area contributed by atoms with Gasteiger partial charge in [-0.1, -0.05) is 69.7 Å². The molecule has 4 rings (SSSR count). The van der Waals surface area contributed by atoms with Crippen molar-refractivity contribution in [1.29, 1.82) is 0 Å². The molecular formula is C24H36N2. The highest BCUT2D eigenvalue weighted by Crippen LogP contribution is 2.65. The topological polar surface area (TPSA) is 15.0 Å². The molecule has 1 saturated carbocycles. The summed E-state index contributed by atoms with van der Waals surface area (Å²) in [6.07, 6.45) is 13.7. The van der Waals surface area contributed by atoms with Crippen LogP contribution >= 0.6 is 0 Å². The van der Waals surface area contributed by atoms with Crippen LogP contribution in [0.4, 0.5) is 0 Å². The Labute approximate surface area is 160 Å². The first-order valence-electron chi connectivity index (χ1n) is 10.7. The van der Waals surface area contributed by atoms with Gasteiger partial charge < -0.3 is 5.32 Å². The smallest absolute Gasteiger partial charge is 0.0617 e. The van der Waals surface area contributed by atoms with E-state index in [2.05, 4.69) is 65.8 Å². The van der Waals surface area contributed by atoms with Crippen molar-refractivity contribution in [2.45, 2.75) is 64.5 Å². The second kappa shape index (κ2) is 8.43. The maximum Gasteiger partial charge on any atom is 0.0617 e. The van der Waals surface area contributed by atoms with E-state index >= 15 is 0 Å². The summed E-state index contributed by atoms with van der Waals surface area (Å²) in [6.45, 7) is 7.58. The fourth-order valence-electron chi connectivity index (χ4n) is 5.36. The summed E-state index contributed by atoms with van der Waals surface area (Å²) in [5.41, 5.74) is 3.27. The minimum atomic E-state index is 0.499. The molecule has 3 aliphatic rings. The van der Waals surface area contributed by atoms with Gasteiger partial charge in [0.05, 0.1) is 5.54 Å². The van der Waals surface area contributed by atoms with Crippen LogP contribution in [-0.2, 0) is 0 Å². The van der Waals surface area contributed by atoms with Gasteiger partial charge in [-0.15, -0.1) is 0 Å². The fourth-order valence-corrected chi connectivity index (χ4v) is 5.36. The van der Waals surface area contributed by atoms with Gasteiger partial charge in [0, 0.05) is 19.0 Å². The molecule has 0 bridgehead atoms. The van der Waals surface area contributed by atoms with Crippen molar-refractivity contribution in [3.05, 3.63) is 54.2 Å². The maximum atomic E-state index is 3.22. The van der Waals surface area contributed by atoms with E-state index in [-0.39, 0.29) is 0 Å². The highest BCUT2D eigenvalue weighted by atomic mass is 15.4. The first kappa shape index (κ1) is 19.2. The lowest BCUT2D eigenvalue weighted by molar-refractivity contribution is 0.274. The summed E-state index contributed by atoms with van der Waals surface area (Å²) in [7, 11) is 2.00. The Bertz CT molecular complexity index is 633. The van der Waals surface area contributed by atoms with Crippen molar-refractivity contribution in [1.82, 2.24) is 10.2 Å². The normalized spacial score (nSPS) is 33.5. The molecule has 26 heavy (non-hydrogen) atoms. The van der Waals surface area contributed by atoms with Gasteiger partial charge in [-0.05, 0) is 55.5 Å². The average Bonchev–Trinajstić information content (AvgIpc) is 3.31. The molecule has 1 saturated heterocycles. The van der Waals surface area contributed by atoms with Gasteiger partial charge in [0.1, 0.15) is 0 Å². The molecule has 2 aliphatic carbocycles. The molecule has 0 aromatic heterocycles. The molecule has 142 valence electrons. The molecule has 1 spiro atoms. The van der Waals surface area contributed by atoms with Crippen molar-refractivity contribution in [3.8, 4) is 0 Å². The first-order chi connectivity index (χ1) is 12.8. The van der Waals surface area contributed by atoms with Gasteiger partial charge in [0.15, 0.2) is 0 Å². The molecule has 1 aromatic rings. The molecule has 1 aromatic carbocycles. The first-order valence-corrected chi connectivity index (χ1v) is 10.7. The molecule has 2 nitrogen and oxygen atoms in total. The zero-order chi connectivity index (χ0) is 18.6. The molecule has 1 heterocycles. The third kappa shape index (κ3) is 3.24. The summed E-state index contributed by atoms with van der Waals surface area (Å²) >= 11 is 0. The Kier molecular flexibility index (Phi) is 6.24. The number of allylic oxidation sites excluding steroid dienone is 1. The van der Waals surface area contributed by atoms with E-state index < -0.39 is 0 Å². The number of piperidine rings is 1. The van der Waals surface area contributed by atoms with E-state index in [0.29, 0.717) is 5.54 Å². The van der Waals surface area contributed by atoms with E-state index in [9.17, 15) is 0 Å². The van der Waals surface area contributed by atoms with E-state index in [0.717, 1.165) is 24.3 Å². The monoisotopic (exact) mass is 352 g/mol. The lowest BCUT2D eigenvalue weighted by atomic mass is 9.83. The molecule has 2 fully saturated rings. The third-order valence-electron chi connectivity index (χ3n) is 6.40. The van der Waals surface area contributed by atoms with Crippen LogP contribution < -0.4 is 5.32 Å². The second-order valence-electron chi connectivity index (χ2n) is 7.70. The van der Waals surface area contributed by atoms with Crippen molar-refractivity contribution in [2.24, 2.45) is 11.8 Å². The Morgan fingerprint density at radius 2 is 2.04 bits per heavy atom. The van der Waals surface area contributed by atoms with Gasteiger partial charge in [0.2, 0.25) is 0 Å². The van der Waals surface area contributed by atoms with E-state index in [1.165, 1.54) is 43.4 Å². The highest BCUT2D eigenvalue weighted by Gasteiger charge is 2.73. The van der Waals surface area contributed by atoms with Crippen LogP contribution in [0, 0.1) is 11.8 Å². The minimum Gasteiger partial charge on any atom is -0.394 e. The average molecular weight is 353 g/mol. The Morgan fingerprint density at radius 3 is 2.65 bits per heavy atom. The Morgan fingerprint density at radius 1 is 1.27 bits per heavy atom. The van der Waals surface area contributed by atoms with E-state index in [1.807, 2.05) is 20.9 Å². The van der Waals surface area contributed by atoms with E-state index in [4.69, 9.17) is 0 Å². The summed E-state index contributed by atoms with van der Waals surface area (Å²) < 4.78 is 0. The molecule has 0 radical (unpaired) electrons. The minimum absolute atomic E-state index is 0.499. The quantitative estimate of drug-likeness (QED) is 0.492. The van der Waals surface area contributed by atoms with E-state index in [1.54, 1.807) is 0 Å². The molecule has 1 aliphatic heterocycles. The fraction of sp³-hybridized carbons (Fsp3) is 0.583. The molecular weight excluding hydrogens is 316 g/mol.